The highest BCUT2D eigenvalue weighted by Gasteiger charge is 2.34. The molecular formula is C15H26F3N3O. The van der Waals surface area contributed by atoms with E-state index in [9.17, 15) is 18.0 Å². The lowest BCUT2D eigenvalue weighted by atomic mass is 9.92. The van der Waals surface area contributed by atoms with E-state index in [0.29, 0.717) is 37.9 Å². The third-order valence-electron chi connectivity index (χ3n) is 4.47. The molecule has 3 unspecified atom stereocenters. The number of carbonyl (C=O) groups excluding carboxylic acids is 1. The van der Waals surface area contributed by atoms with Crippen molar-refractivity contribution in [2.75, 3.05) is 39.3 Å². The van der Waals surface area contributed by atoms with Gasteiger partial charge in [0.2, 0.25) is 0 Å². The molecule has 2 aliphatic rings. The quantitative estimate of drug-likeness (QED) is 0.867. The number of likely N-dealkylation sites (tertiary alicyclic amines) is 2. The van der Waals surface area contributed by atoms with E-state index in [0.717, 1.165) is 19.5 Å². The van der Waals surface area contributed by atoms with E-state index in [-0.39, 0.29) is 11.9 Å². The number of rotatable bonds is 3. The molecule has 0 radical (unpaired) electrons. The summed E-state index contributed by atoms with van der Waals surface area (Å²) in [7, 11) is 0. The first kappa shape index (κ1) is 17.4. The van der Waals surface area contributed by atoms with E-state index in [2.05, 4.69) is 19.2 Å². The van der Waals surface area contributed by atoms with Crippen LogP contribution in [0.2, 0.25) is 0 Å². The molecule has 3 atom stereocenters. The Morgan fingerprint density at radius 2 is 1.82 bits per heavy atom. The highest BCUT2D eigenvalue weighted by atomic mass is 19.4. The van der Waals surface area contributed by atoms with Crippen LogP contribution >= 0.6 is 0 Å². The number of carbonyl (C=O) groups is 1. The number of hydrogen-bond acceptors (Lipinski definition) is 2. The Kier molecular flexibility index (Phi) is 5.58. The highest BCUT2D eigenvalue weighted by molar-refractivity contribution is 5.74. The molecule has 0 spiro atoms. The Morgan fingerprint density at radius 1 is 1.18 bits per heavy atom. The van der Waals surface area contributed by atoms with Crippen LogP contribution in [0.3, 0.4) is 0 Å². The molecule has 0 bridgehead atoms. The smallest absolute Gasteiger partial charge is 0.338 e. The van der Waals surface area contributed by atoms with E-state index >= 15 is 0 Å². The molecule has 2 amide bonds. The minimum Gasteiger partial charge on any atom is -0.338 e. The molecule has 0 aromatic carbocycles. The summed E-state index contributed by atoms with van der Waals surface area (Å²) in [6.45, 7) is 6.29. The molecule has 2 saturated heterocycles. The van der Waals surface area contributed by atoms with Crippen LogP contribution in [0, 0.1) is 17.8 Å². The molecule has 0 saturated carbocycles. The number of alkyl halides is 3. The first-order valence-electron chi connectivity index (χ1n) is 8.05. The maximum Gasteiger partial charge on any atom is 0.401 e. The van der Waals surface area contributed by atoms with Crippen molar-refractivity contribution in [3.63, 3.8) is 0 Å². The molecule has 2 rings (SSSR count). The Labute approximate surface area is 130 Å². The molecule has 2 aliphatic heterocycles. The van der Waals surface area contributed by atoms with Gasteiger partial charge in [-0.2, -0.15) is 13.2 Å². The third-order valence-corrected chi connectivity index (χ3v) is 4.47. The van der Waals surface area contributed by atoms with Gasteiger partial charge in [-0.25, -0.2) is 4.79 Å². The maximum atomic E-state index is 12.3. The number of nitrogens with zero attached hydrogens (tertiary/aromatic N) is 2. The predicted octanol–water partition coefficient (Wildman–Crippen LogP) is 2.56. The monoisotopic (exact) mass is 321 g/mol. The number of halogens is 3. The van der Waals surface area contributed by atoms with Crippen molar-refractivity contribution in [2.45, 2.75) is 32.9 Å². The van der Waals surface area contributed by atoms with E-state index in [4.69, 9.17) is 0 Å². The van der Waals surface area contributed by atoms with E-state index < -0.39 is 12.7 Å². The fourth-order valence-corrected chi connectivity index (χ4v) is 3.65. The SMILES string of the molecule is CC1CC(C)CN(C(=O)NCC2CCN(CC(F)(F)F)C2)C1. The summed E-state index contributed by atoms with van der Waals surface area (Å²) in [6, 6.07) is -0.0762. The first-order chi connectivity index (χ1) is 10.2. The van der Waals surface area contributed by atoms with Gasteiger partial charge < -0.3 is 10.2 Å². The van der Waals surface area contributed by atoms with Crippen LogP contribution in [0.25, 0.3) is 0 Å². The van der Waals surface area contributed by atoms with Crippen LogP contribution in [0.5, 0.6) is 0 Å². The Bertz CT molecular complexity index is 379. The number of amides is 2. The van der Waals surface area contributed by atoms with Crippen molar-refractivity contribution >= 4 is 6.03 Å². The van der Waals surface area contributed by atoms with Crippen molar-refractivity contribution < 1.29 is 18.0 Å². The second-order valence-electron chi connectivity index (χ2n) is 7.04. The zero-order chi connectivity index (χ0) is 16.3. The van der Waals surface area contributed by atoms with Crippen LogP contribution in [0.4, 0.5) is 18.0 Å². The van der Waals surface area contributed by atoms with Crippen LogP contribution in [0.15, 0.2) is 0 Å². The predicted molar refractivity (Wildman–Crippen MR) is 78.5 cm³/mol. The fourth-order valence-electron chi connectivity index (χ4n) is 3.65. The number of piperidine rings is 1. The van der Waals surface area contributed by atoms with Gasteiger partial charge in [0.05, 0.1) is 6.54 Å². The van der Waals surface area contributed by atoms with Crippen molar-refractivity contribution in [1.82, 2.24) is 15.1 Å². The standard InChI is InChI=1S/C15H26F3N3O/c1-11-5-12(2)8-21(7-11)14(22)19-6-13-3-4-20(9-13)10-15(16,17)18/h11-13H,3-10H2,1-2H3,(H,19,22). The molecule has 1 N–H and O–H groups in total. The van der Waals surface area contributed by atoms with Gasteiger partial charge in [0.15, 0.2) is 0 Å². The lowest BCUT2D eigenvalue weighted by Crippen LogP contribution is -2.48. The molecule has 0 aromatic heterocycles. The average molecular weight is 321 g/mol. The minimum absolute atomic E-state index is 0.0762. The number of nitrogens with one attached hydrogen (secondary N) is 1. The molecule has 7 heteroatoms. The molecule has 128 valence electrons. The first-order valence-corrected chi connectivity index (χ1v) is 8.05. The average Bonchev–Trinajstić information content (AvgIpc) is 2.80. The van der Waals surface area contributed by atoms with E-state index in [1.807, 2.05) is 4.90 Å². The van der Waals surface area contributed by atoms with Gasteiger partial charge in [-0.3, -0.25) is 4.90 Å². The van der Waals surface area contributed by atoms with Crippen LogP contribution in [-0.2, 0) is 0 Å². The largest absolute Gasteiger partial charge is 0.401 e. The Balaban J connectivity index is 1.71. The fraction of sp³-hybridized carbons (Fsp3) is 0.933. The van der Waals surface area contributed by atoms with Gasteiger partial charge in [0.25, 0.3) is 0 Å². The molecule has 4 nitrogen and oxygen atoms in total. The third kappa shape index (κ3) is 5.34. The summed E-state index contributed by atoms with van der Waals surface area (Å²) in [5, 5.41) is 2.90. The lowest BCUT2D eigenvalue weighted by molar-refractivity contribution is -0.143. The van der Waals surface area contributed by atoms with Gasteiger partial charge in [-0.05, 0) is 37.1 Å². The number of hydrogen-bond donors (Lipinski definition) is 1. The second kappa shape index (κ2) is 7.06. The zero-order valence-electron chi connectivity index (χ0n) is 13.3. The molecule has 2 heterocycles. The summed E-state index contributed by atoms with van der Waals surface area (Å²) < 4.78 is 37.0. The van der Waals surface area contributed by atoms with Gasteiger partial charge >= 0.3 is 12.2 Å². The van der Waals surface area contributed by atoms with Crippen molar-refractivity contribution in [2.24, 2.45) is 17.8 Å². The summed E-state index contributed by atoms with van der Waals surface area (Å²) in [4.78, 5) is 15.4. The van der Waals surface area contributed by atoms with Crippen LogP contribution in [-0.4, -0.2) is 61.3 Å². The van der Waals surface area contributed by atoms with Crippen LogP contribution < -0.4 is 5.32 Å². The summed E-state index contributed by atoms with van der Waals surface area (Å²) in [6.07, 6.45) is -2.29. The molecule has 22 heavy (non-hydrogen) atoms. The number of urea groups is 1. The lowest BCUT2D eigenvalue weighted by Gasteiger charge is -2.35. The van der Waals surface area contributed by atoms with Crippen molar-refractivity contribution in [3.8, 4) is 0 Å². The van der Waals surface area contributed by atoms with Gasteiger partial charge in [-0.15, -0.1) is 0 Å². The zero-order valence-corrected chi connectivity index (χ0v) is 13.3. The van der Waals surface area contributed by atoms with Gasteiger partial charge in [0.1, 0.15) is 0 Å². The minimum atomic E-state index is -4.14. The summed E-state index contributed by atoms with van der Waals surface area (Å²) in [5.74, 6) is 1.12. The Morgan fingerprint density at radius 3 is 2.41 bits per heavy atom. The highest BCUT2D eigenvalue weighted by Crippen LogP contribution is 2.23. The maximum absolute atomic E-state index is 12.3. The second-order valence-corrected chi connectivity index (χ2v) is 7.04. The normalized spacial score (nSPS) is 30.6. The van der Waals surface area contributed by atoms with Gasteiger partial charge in [0, 0.05) is 26.2 Å². The Hall–Kier alpha value is -0.980. The molecule has 0 aromatic rings. The molecule has 0 aliphatic carbocycles. The molecule has 2 fully saturated rings. The van der Waals surface area contributed by atoms with E-state index in [1.54, 1.807) is 0 Å². The molecular weight excluding hydrogens is 295 g/mol. The summed E-state index contributed by atoms with van der Waals surface area (Å²) in [5.41, 5.74) is 0. The van der Waals surface area contributed by atoms with Crippen molar-refractivity contribution in [1.29, 1.82) is 0 Å². The van der Waals surface area contributed by atoms with E-state index in [1.165, 1.54) is 4.90 Å². The topological polar surface area (TPSA) is 35.6 Å². The van der Waals surface area contributed by atoms with Crippen molar-refractivity contribution in [3.05, 3.63) is 0 Å². The van der Waals surface area contributed by atoms with Crippen LogP contribution in [0.1, 0.15) is 26.7 Å². The summed E-state index contributed by atoms with van der Waals surface area (Å²) >= 11 is 0. The van der Waals surface area contributed by atoms with Gasteiger partial charge in [-0.1, -0.05) is 13.8 Å².